The second-order valence-electron chi connectivity index (χ2n) is 4.26. The lowest BCUT2D eigenvalue weighted by Crippen LogP contribution is -2.00. The SMILES string of the molecule is C=C(C)COc1ccc(CCCCN)cc1Cl. The van der Waals surface area contributed by atoms with Crippen LogP contribution in [0.1, 0.15) is 25.3 Å². The van der Waals surface area contributed by atoms with Crippen LogP contribution in [-0.4, -0.2) is 13.2 Å². The van der Waals surface area contributed by atoms with E-state index in [1.165, 1.54) is 5.56 Å². The third kappa shape index (κ3) is 5.24. The van der Waals surface area contributed by atoms with Gasteiger partial charge >= 0.3 is 0 Å². The molecule has 1 rings (SSSR count). The number of unbranched alkanes of at least 4 members (excludes halogenated alkanes) is 1. The fourth-order valence-electron chi connectivity index (χ4n) is 1.49. The van der Waals surface area contributed by atoms with Gasteiger partial charge in [-0.2, -0.15) is 0 Å². The first-order valence-electron chi connectivity index (χ1n) is 5.89. The van der Waals surface area contributed by atoms with E-state index in [1.54, 1.807) is 0 Å². The maximum Gasteiger partial charge on any atom is 0.138 e. The van der Waals surface area contributed by atoms with Gasteiger partial charge in [-0.1, -0.05) is 24.2 Å². The number of hydrogen-bond acceptors (Lipinski definition) is 2. The average Bonchev–Trinajstić information content (AvgIpc) is 2.28. The number of halogens is 1. The van der Waals surface area contributed by atoms with Crippen LogP contribution in [0.3, 0.4) is 0 Å². The third-order valence-corrected chi connectivity index (χ3v) is 2.69. The fraction of sp³-hybridized carbons (Fsp3) is 0.429. The molecule has 0 aliphatic heterocycles. The van der Waals surface area contributed by atoms with Crippen LogP contribution in [0.2, 0.25) is 5.02 Å². The highest BCUT2D eigenvalue weighted by atomic mass is 35.5. The van der Waals surface area contributed by atoms with Crippen molar-refractivity contribution in [3.05, 3.63) is 40.9 Å². The quantitative estimate of drug-likeness (QED) is 0.596. The summed E-state index contributed by atoms with van der Waals surface area (Å²) in [5.41, 5.74) is 7.67. The number of benzene rings is 1. The molecule has 2 N–H and O–H groups in total. The second-order valence-corrected chi connectivity index (χ2v) is 4.66. The van der Waals surface area contributed by atoms with Crippen molar-refractivity contribution in [1.82, 2.24) is 0 Å². The lowest BCUT2D eigenvalue weighted by molar-refractivity contribution is 0.353. The van der Waals surface area contributed by atoms with Crippen molar-refractivity contribution in [2.75, 3.05) is 13.2 Å². The first kappa shape index (κ1) is 14.1. The van der Waals surface area contributed by atoms with Crippen molar-refractivity contribution >= 4 is 11.6 Å². The first-order valence-corrected chi connectivity index (χ1v) is 6.27. The molecule has 0 aliphatic carbocycles. The molecule has 1 aromatic rings. The van der Waals surface area contributed by atoms with Crippen LogP contribution in [0.4, 0.5) is 0 Å². The Labute approximate surface area is 108 Å². The summed E-state index contributed by atoms with van der Waals surface area (Å²) in [7, 11) is 0. The molecule has 17 heavy (non-hydrogen) atoms. The van der Waals surface area contributed by atoms with E-state index in [2.05, 4.69) is 12.6 Å². The van der Waals surface area contributed by atoms with Gasteiger partial charge in [0.05, 0.1) is 5.02 Å². The van der Waals surface area contributed by atoms with Gasteiger partial charge in [0.1, 0.15) is 12.4 Å². The molecule has 0 unspecified atom stereocenters. The molecule has 0 radical (unpaired) electrons. The van der Waals surface area contributed by atoms with E-state index in [4.69, 9.17) is 22.1 Å². The van der Waals surface area contributed by atoms with E-state index < -0.39 is 0 Å². The highest BCUT2D eigenvalue weighted by Gasteiger charge is 2.03. The zero-order valence-corrected chi connectivity index (χ0v) is 11.1. The van der Waals surface area contributed by atoms with Gasteiger partial charge in [0.2, 0.25) is 0 Å². The van der Waals surface area contributed by atoms with Gasteiger partial charge in [-0.3, -0.25) is 0 Å². The maximum atomic E-state index is 6.15. The number of nitrogens with two attached hydrogens (primary N) is 1. The Hall–Kier alpha value is -0.990. The molecule has 0 atom stereocenters. The van der Waals surface area contributed by atoms with Crippen LogP contribution in [0.5, 0.6) is 5.75 Å². The van der Waals surface area contributed by atoms with E-state index in [-0.39, 0.29) is 0 Å². The summed E-state index contributed by atoms with van der Waals surface area (Å²) in [4.78, 5) is 0. The standard InChI is InChI=1S/C14H20ClNO/c1-11(2)10-17-14-7-6-12(9-13(14)15)5-3-4-8-16/h6-7,9H,1,3-5,8,10,16H2,2H3. The molecule has 0 amide bonds. The summed E-state index contributed by atoms with van der Waals surface area (Å²) in [6.07, 6.45) is 3.15. The van der Waals surface area contributed by atoms with Crippen molar-refractivity contribution in [2.45, 2.75) is 26.2 Å². The monoisotopic (exact) mass is 253 g/mol. The van der Waals surface area contributed by atoms with Gasteiger partial charge < -0.3 is 10.5 Å². The van der Waals surface area contributed by atoms with E-state index in [9.17, 15) is 0 Å². The molecule has 0 fully saturated rings. The minimum absolute atomic E-state index is 0.506. The van der Waals surface area contributed by atoms with Crippen LogP contribution in [-0.2, 0) is 6.42 Å². The molecule has 94 valence electrons. The largest absolute Gasteiger partial charge is 0.488 e. The Bertz CT molecular complexity index is 376. The predicted octanol–water partition coefficient (Wildman–Crippen LogP) is 3.58. The number of rotatable bonds is 7. The minimum Gasteiger partial charge on any atom is -0.488 e. The minimum atomic E-state index is 0.506. The predicted molar refractivity (Wildman–Crippen MR) is 73.8 cm³/mol. The van der Waals surface area contributed by atoms with Crippen molar-refractivity contribution < 1.29 is 4.74 Å². The van der Waals surface area contributed by atoms with Crippen molar-refractivity contribution in [2.24, 2.45) is 5.73 Å². The Kier molecular flexibility index (Phi) is 6.09. The van der Waals surface area contributed by atoms with Crippen molar-refractivity contribution in [3.63, 3.8) is 0 Å². The van der Waals surface area contributed by atoms with Crippen molar-refractivity contribution in [3.8, 4) is 5.75 Å². The van der Waals surface area contributed by atoms with Gasteiger partial charge in [0, 0.05) is 0 Å². The lowest BCUT2D eigenvalue weighted by atomic mass is 10.1. The molecular formula is C14H20ClNO. The summed E-state index contributed by atoms with van der Waals surface area (Å²) in [6, 6.07) is 5.94. The lowest BCUT2D eigenvalue weighted by Gasteiger charge is -2.09. The summed E-state index contributed by atoms with van der Waals surface area (Å²) >= 11 is 6.15. The van der Waals surface area contributed by atoms with E-state index in [1.807, 2.05) is 19.1 Å². The van der Waals surface area contributed by atoms with Crippen LogP contribution >= 0.6 is 11.6 Å². The summed E-state index contributed by atoms with van der Waals surface area (Å²) in [5, 5.41) is 0.663. The Morgan fingerprint density at radius 1 is 1.41 bits per heavy atom. The normalized spacial score (nSPS) is 10.3. The van der Waals surface area contributed by atoms with Crippen LogP contribution in [0.25, 0.3) is 0 Å². The summed E-state index contributed by atoms with van der Waals surface area (Å²) < 4.78 is 5.53. The van der Waals surface area contributed by atoms with Gasteiger partial charge in [-0.15, -0.1) is 0 Å². The third-order valence-electron chi connectivity index (χ3n) is 2.39. The maximum absolute atomic E-state index is 6.15. The van der Waals surface area contributed by atoms with Crippen LogP contribution < -0.4 is 10.5 Å². The van der Waals surface area contributed by atoms with E-state index in [0.29, 0.717) is 11.6 Å². The molecule has 1 aromatic carbocycles. The van der Waals surface area contributed by atoms with E-state index >= 15 is 0 Å². The van der Waals surface area contributed by atoms with Crippen LogP contribution in [0.15, 0.2) is 30.4 Å². The van der Waals surface area contributed by atoms with Gasteiger partial charge in [-0.25, -0.2) is 0 Å². The van der Waals surface area contributed by atoms with Gasteiger partial charge in [0.25, 0.3) is 0 Å². The first-order chi connectivity index (χ1) is 8.13. The molecule has 0 spiro atoms. The molecule has 0 saturated heterocycles. The smallest absolute Gasteiger partial charge is 0.138 e. The average molecular weight is 254 g/mol. The fourth-order valence-corrected chi connectivity index (χ4v) is 1.75. The Morgan fingerprint density at radius 2 is 2.18 bits per heavy atom. The second kappa shape index (κ2) is 7.36. The summed E-state index contributed by atoms with van der Waals surface area (Å²) in [5.74, 6) is 0.720. The Balaban J connectivity index is 2.56. The molecule has 0 aromatic heterocycles. The Morgan fingerprint density at radius 3 is 2.76 bits per heavy atom. The molecule has 0 heterocycles. The zero-order valence-electron chi connectivity index (χ0n) is 10.3. The number of aryl methyl sites for hydroxylation is 1. The highest BCUT2D eigenvalue weighted by molar-refractivity contribution is 6.32. The molecule has 2 nitrogen and oxygen atoms in total. The van der Waals surface area contributed by atoms with Gasteiger partial charge in [-0.05, 0) is 56.0 Å². The number of ether oxygens (including phenoxy) is 1. The van der Waals surface area contributed by atoms with E-state index in [0.717, 1.165) is 37.1 Å². The topological polar surface area (TPSA) is 35.2 Å². The van der Waals surface area contributed by atoms with Crippen molar-refractivity contribution in [1.29, 1.82) is 0 Å². The van der Waals surface area contributed by atoms with Gasteiger partial charge in [0.15, 0.2) is 0 Å². The molecule has 0 bridgehead atoms. The summed E-state index contributed by atoms with van der Waals surface area (Å²) in [6.45, 7) is 6.96. The number of hydrogen-bond donors (Lipinski definition) is 1. The van der Waals surface area contributed by atoms with Crippen LogP contribution in [0, 0.1) is 0 Å². The molecule has 0 saturated carbocycles. The zero-order chi connectivity index (χ0) is 12.7. The molecule has 3 heteroatoms. The molecular weight excluding hydrogens is 234 g/mol. The highest BCUT2D eigenvalue weighted by Crippen LogP contribution is 2.26. The molecule has 0 aliphatic rings.